The SMILES string of the molecule is Cc1cscc1CNC(=O)N1CCN(C(C)C(=O)O)CC1. The van der Waals surface area contributed by atoms with Gasteiger partial charge in [0.25, 0.3) is 0 Å². The van der Waals surface area contributed by atoms with Gasteiger partial charge in [-0.2, -0.15) is 11.3 Å². The van der Waals surface area contributed by atoms with Crippen molar-refractivity contribution in [1.29, 1.82) is 0 Å². The monoisotopic (exact) mass is 311 g/mol. The molecule has 0 aromatic carbocycles. The van der Waals surface area contributed by atoms with Gasteiger partial charge in [0.1, 0.15) is 6.04 Å². The summed E-state index contributed by atoms with van der Waals surface area (Å²) in [6.07, 6.45) is 0. The van der Waals surface area contributed by atoms with E-state index in [1.165, 1.54) is 5.56 Å². The number of rotatable bonds is 4. The molecule has 1 aliphatic rings. The average Bonchev–Trinajstić information content (AvgIpc) is 2.89. The van der Waals surface area contributed by atoms with Crippen LogP contribution in [-0.2, 0) is 11.3 Å². The number of carbonyl (C=O) groups excluding carboxylic acids is 1. The molecule has 2 N–H and O–H groups in total. The number of carboxylic acid groups (broad SMARTS) is 1. The zero-order valence-corrected chi connectivity index (χ0v) is 13.2. The first-order valence-electron chi connectivity index (χ1n) is 7.00. The number of hydrogen-bond donors (Lipinski definition) is 2. The third kappa shape index (κ3) is 3.95. The Hall–Kier alpha value is -1.60. The fourth-order valence-corrected chi connectivity index (χ4v) is 3.18. The summed E-state index contributed by atoms with van der Waals surface area (Å²) in [6.45, 7) is 6.57. The molecule has 7 heteroatoms. The number of carboxylic acids is 1. The number of amides is 2. The molecule has 0 bridgehead atoms. The van der Waals surface area contributed by atoms with Crippen LogP contribution in [0.15, 0.2) is 10.8 Å². The zero-order chi connectivity index (χ0) is 15.4. The largest absolute Gasteiger partial charge is 0.480 e. The van der Waals surface area contributed by atoms with E-state index in [4.69, 9.17) is 5.11 Å². The van der Waals surface area contributed by atoms with E-state index in [0.29, 0.717) is 32.7 Å². The van der Waals surface area contributed by atoms with Crippen molar-refractivity contribution < 1.29 is 14.7 Å². The molecular weight excluding hydrogens is 290 g/mol. The van der Waals surface area contributed by atoms with Gasteiger partial charge >= 0.3 is 12.0 Å². The van der Waals surface area contributed by atoms with E-state index in [2.05, 4.69) is 10.7 Å². The molecule has 2 amide bonds. The second-order valence-corrected chi connectivity index (χ2v) is 6.02. The van der Waals surface area contributed by atoms with E-state index in [-0.39, 0.29) is 6.03 Å². The van der Waals surface area contributed by atoms with Crippen molar-refractivity contribution in [2.75, 3.05) is 26.2 Å². The van der Waals surface area contributed by atoms with Gasteiger partial charge in [-0.3, -0.25) is 9.69 Å². The summed E-state index contributed by atoms with van der Waals surface area (Å²) in [5, 5.41) is 16.0. The van der Waals surface area contributed by atoms with Gasteiger partial charge in [-0.05, 0) is 35.7 Å². The summed E-state index contributed by atoms with van der Waals surface area (Å²) in [5.74, 6) is -0.819. The molecule has 0 saturated carbocycles. The lowest BCUT2D eigenvalue weighted by Crippen LogP contribution is -2.55. The second-order valence-electron chi connectivity index (χ2n) is 5.28. The Morgan fingerprint density at radius 2 is 2.00 bits per heavy atom. The van der Waals surface area contributed by atoms with Gasteiger partial charge in [0.15, 0.2) is 0 Å². The molecule has 0 aliphatic carbocycles. The highest BCUT2D eigenvalue weighted by atomic mass is 32.1. The molecule has 1 atom stereocenters. The highest BCUT2D eigenvalue weighted by Gasteiger charge is 2.26. The quantitative estimate of drug-likeness (QED) is 0.880. The van der Waals surface area contributed by atoms with Crippen molar-refractivity contribution in [2.24, 2.45) is 0 Å². The van der Waals surface area contributed by atoms with Crippen molar-refractivity contribution in [3.05, 3.63) is 21.9 Å². The zero-order valence-electron chi connectivity index (χ0n) is 12.3. The first-order valence-corrected chi connectivity index (χ1v) is 7.94. The van der Waals surface area contributed by atoms with Crippen LogP contribution >= 0.6 is 11.3 Å². The Morgan fingerprint density at radius 1 is 1.33 bits per heavy atom. The predicted molar refractivity (Wildman–Crippen MR) is 81.5 cm³/mol. The third-order valence-electron chi connectivity index (χ3n) is 3.90. The second kappa shape index (κ2) is 6.91. The lowest BCUT2D eigenvalue weighted by Gasteiger charge is -2.36. The van der Waals surface area contributed by atoms with E-state index in [1.54, 1.807) is 23.2 Å². The normalized spacial score (nSPS) is 17.5. The highest BCUT2D eigenvalue weighted by molar-refractivity contribution is 7.08. The molecule has 1 unspecified atom stereocenters. The van der Waals surface area contributed by atoms with Crippen LogP contribution in [0, 0.1) is 6.92 Å². The summed E-state index contributed by atoms with van der Waals surface area (Å²) >= 11 is 1.63. The van der Waals surface area contributed by atoms with Gasteiger partial charge in [-0.15, -0.1) is 0 Å². The van der Waals surface area contributed by atoms with E-state index in [0.717, 1.165) is 5.56 Å². The number of nitrogens with one attached hydrogen (secondary N) is 1. The first-order chi connectivity index (χ1) is 9.99. The molecule has 1 aromatic rings. The van der Waals surface area contributed by atoms with Crippen LogP contribution in [0.3, 0.4) is 0 Å². The van der Waals surface area contributed by atoms with Crippen molar-refractivity contribution in [1.82, 2.24) is 15.1 Å². The minimum atomic E-state index is -0.819. The maximum Gasteiger partial charge on any atom is 0.320 e. The van der Waals surface area contributed by atoms with Gasteiger partial charge in [-0.1, -0.05) is 0 Å². The lowest BCUT2D eigenvalue weighted by molar-refractivity contribution is -0.143. The number of hydrogen-bond acceptors (Lipinski definition) is 4. The maximum atomic E-state index is 12.1. The van der Waals surface area contributed by atoms with Crippen LogP contribution in [0.5, 0.6) is 0 Å². The van der Waals surface area contributed by atoms with Crippen LogP contribution in [0.4, 0.5) is 4.79 Å². The number of aliphatic carboxylic acids is 1. The van der Waals surface area contributed by atoms with Crippen molar-refractivity contribution >= 4 is 23.3 Å². The Balaban J connectivity index is 1.78. The number of carbonyl (C=O) groups is 2. The summed E-state index contributed by atoms with van der Waals surface area (Å²) in [5.41, 5.74) is 2.34. The minimum Gasteiger partial charge on any atom is -0.480 e. The van der Waals surface area contributed by atoms with Gasteiger partial charge < -0.3 is 15.3 Å². The summed E-state index contributed by atoms with van der Waals surface area (Å²) in [6, 6.07) is -0.577. The number of nitrogens with zero attached hydrogens (tertiary/aromatic N) is 2. The van der Waals surface area contributed by atoms with E-state index in [9.17, 15) is 9.59 Å². The maximum absolute atomic E-state index is 12.1. The lowest BCUT2D eigenvalue weighted by atomic mass is 10.2. The average molecular weight is 311 g/mol. The summed E-state index contributed by atoms with van der Waals surface area (Å²) in [4.78, 5) is 26.7. The molecule has 6 nitrogen and oxygen atoms in total. The van der Waals surface area contributed by atoms with E-state index >= 15 is 0 Å². The molecule has 0 spiro atoms. The van der Waals surface area contributed by atoms with Crippen LogP contribution in [0.1, 0.15) is 18.1 Å². The Morgan fingerprint density at radius 3 is 2.52 bits per heavy atom. The van der Waals surface area contributed by atoms with Gasteiger partial charge in [0, 0.05) is 32.7 Å². The van der Waals surface area contributed by atoms with Crippen molar-refractivity contribution in [2.45, 2.75) is 26.4 Å². The number of urea groups is 1. The molecule has 1 aliphatic heterocycles. The van der Waals surface area contributed by atoms with Crippen LogP contribution in [0.2, 0.25) is 0 Å². The molecule has 1 saturated heterocycles. The fourth-order valence-electron chi connectivity index (χ4n) is 2.32. The number of aryl methyl sites for hydroxylation is 1. The molecule has 1 aromatic heterocycles. The smallest absolute Gasteiger partial charge is 0.320 e. The van der Waals surface area contributed by atoms with Crippen LogP contribution < -0.4 is 5.32 Å². The van der Waals surface area contributed by atoms with E-state index in [1.807, 2.05) is 17.2 Å². The first kappa shape index (κ1) is 15.8. The van der Waals surface area contributed by atoms with Crippen LogP contribution in [0.25, 0.3) is 0 Å². The molecule has 21 heavy (non-hydrogen) atoms. The Bertz CT molecular complexity index is 509. The topological polar surface area (TPSA) is 72.9 Å². The van der Waals surface area contributed by atoms with Gasteiger partial charge in [0.05, 0.1) is 0 Å². The van der Waals surface area contributed by atoms with Crippen molar-refractivity contribution in [3.8, 4) is 0 Å². The minimum absolute atomic E-state index is 0.0803. The molecule has 1 fully saturated rings. The van der Waals surface area contributed by atoms with Gasteiger partial charge in [-0.25, -0.2) is 4.79 Å². The van der Waals surface area contributed by atoms with Crippen molar-refractivity contribution in [3.63, 3.8) is 0 Å². The summed E-state index contributed by atoms with van der Waals surface area (Å²) in [7, 11) is 0. The molecule has 0 radical (unpaired) electrons. The predicted octanol–water partition coefficient (Wildman–Crippen LogP) is 1.36. The highest BCUT2D eigenvalue weighted by Crippen LogP contribution is 2.13. The molecule has 2 rings (SSSR count). The summed E-state index contributed by atoms with van der Waals surface area (Å²) < 4.78 is 0. The third-order valence-corrected chi connectivity index (χ3v) is 4.81. The molecule has 2 heterocycles. The molecule has 116 valence electrons. The van der Waals surface area contributed by atoms with Gasteiger partial charge in [0.2, 0.25) is 0 Å². The Kier molecular flexibility index (Phi) is 5.19. The van der Waals surface area contributed by atoms with Crippen LogP contribution in [-0.4, -0.2) is 59.1 Å². The molecular formula is C14H21N3O3S. The standard InChI is InChI=1S/C14H21N3O3S/c1-10-8-21-9-12(10)7-15-14(20)17-5-3-16(4-6-17)11(2)13(18)19/h8-9,11H,3-7H2,1-2H3,(H,15,20)(H,18,19). The number of thiophene rings is 1. The fraction of sp³-hybridized carbons (Fsp3) is 0.571. The Labute approximate surface area is 128 Å². The van der Waals surface area contributed by atoms with E-state index < -0.39 is 12.0 Å². The number of piperazine rings is 1.